The SMILES string of the molecule is COc1ccc(C(=O)C[n+]2cc(-c3cccc(OC)c3)n(C)c2N)cc1. The van der Waals surface area contributed by atoms with Gasteiger partial charge in [-0.2, -0.15) is 0 Å². The third-order valence-corrected chi connectivity index (χ3v) is 4.37. The van der Waals surface area contributed by atoms with Crippen molar-refractivity contribution >= 4 is 11.7 Å². The summed E-state index contributed by atoms with van der Waals surface area (Å²) >= 11 is 0. The molecule has 6 nitrogen and oxygen atoms in total. The van der Waals surface area contributed by atoms with Gasteiger partial charge in [-0.15, -0.1) is 0 Å². The Balaban J connectivity index is 1.87. The number of nitrogens with zero attached hydrogens (tertiary/aromatic N) is 2. The van der Waals surface area contributed by atoms with Crippen molar-refractivity contribution in [2.75, 3.05) is 20.0 Å². The monoisotopic (exact) mass is 352 g/mol. The van der Waals surface area contributed by atoms with Gasteiger partial charge in [0.15, 0.2) is 5.78 Å². The third kappa shape index (κ3) is 3.39. The van der Waals surface area contributed by atoms with Gasteiger partial charge in [-0.3, -0.25) is 10.5 Å². The highest BCUT2D eigenvalue weighted by molar-refractivity contribution is 5.95. The van der Waals surface area contributed by atoms with Crippen LogP contribution in [0.2, 0.25) is 0 Å². The number of aromatic nitrogens is 2. The Morgan fingerprint density at radius 3 is 2.42 bits per heavy atom. The number of carbonyl (C=O) groups is 1. The molecule has 0 aliphatic heterocycles. The second kappa shape index (κ2) is 7.31. The third-order valence-electron chi connectivity index (χ3n) is 4.37. The Hall–Kier alpha value is -3.28. The number of imidazole rings is 1. The van der Waals surface area contributed by atoms with E-state index < -0.39 is 0 Å². The lowest BCUT2D eigenvalue weighted by atomic mass is 10.1. The Labute approximate surface area is 152 Å². The molecule has 0 saturated heterocycles. The number of rotatable bonds is 6. The molecule has 0 bridgehead atoms. The second-order valence-electron chi connectivity index (χ2n) is 5.94. The summed E-state index contributed by atoms with van der Waals surface area (Å²) in [6.45, 7) is 0.163. The van der Waals surface area contributed by atoms with Crippen LogP contribution in [0.5, 0.6) is 11.5 Å². The van der Waals surface area contributed by atoms with E-state index in [1.165, 1.54) is 0 Å². The van der Waals surface area contributed by atoms with Crippen LogP contribution in [0.1, 0.15) is 10.4 Å². The fourth-order valence-corrected chi connectivity index (χ4v) is 2.82. The molecule has 3 rings (SSSR count). The minimum absolute atomic E-state index is 0.0212. The molecule has 0 fully saturated rings. The van der Waals surface area contributed by atoms with E-state index >= 15 is 0 Å². The number of methoxy groups -OCH3 is 2. The van der Waals surface area contributed by atoms with Crippen molar-refractivity contribution in [2.45, 2.75) is 6.54 Å². The van der Waals surface area contributed by atoms with Crippen LogP contribution < -0.4 is 19.8 Å². The van der Waals surface area contributed by atoms with Crippen molar-refractivity contribution in [3.8, 4) is 22.8 Å². The van der Waals surface area contributed by atoms with E-state index in [-0.39, 0.29) is 12.3 Å². The molecule has 1 heterocycles. The van der Waals surface area contributed by atoms with Crippen LogP contribution in [0, 0.1) is 0 Å². The summed E-state index contributed by atoms with van der Waals surface area (Å²) in [5.74, 6) is 1.97. The number of ether oxygens (including phenoxy) is 2. The summed E-state index contributed by atoms with van der Waals surface area (Å²) in [7, 11) is 5.10. The first-order chi connectivity index (χ1) is 12.5. The summed E-state index contributed by atoms with van der Waals surface area (Å²) in [6.07, 6.45) is 1.88. The van der Waals surface area contributed by atoms with E-state index in [9.17, 15) is 4.79 Å². The molecule has 2 N–H and O–H groups in total. The summed E-state index contributed by atoms with van der Waals surface area (Å²) in [5, 5.41) is 0. The highest BCUT2D eigenvalue weighted by Gasteiger charge is 2.20. The van der Waals surface area contributed by atoms with Gasteiger partial charge in [0.05, 0.1) is 21.3 Å². The molecule has 1 aromatic heterocycles. The highest BCUT2D eigenvalue weighted by atomic mass is 16.5. The molecule has 26 heavy (non-hydrogen) atoms. The molecular weight excluding hydrogens is 330 g/mol. The lowest BCUT2D eigenvalue weighted by Crippen LogP contribution is -2.39. The fourth-order valence-electron chi connectivity index (χ4n) is 2.82. The molecule has 0 unspecified atom stereocenters. The predicted molar refractivity (Wildman–Crippen MR) is 99.3 cm³/mol. The Kier molecular flexibility index (Phi) is 4.93. The Morgan fingerprint density at radius 1 is 1.08 bits per heavy atom. The van der Waals surface area contributed by atoms with Crippen LogP contribution in [0.3, 0.4) is 0 Å². The Morgan fingerprint density at radius 2 is 1.77 bits per heavy atom. The summed E-state index contributed by atoms with van der Waals surface area (Å²) < 4.78 is 14.0. The molecule has 0 amide bonds. The van der Waals surface area contributed by atoms with Crippen LogP contribution in [0.15, 0.2) is 54.7 Å². The second-order valence-corrected chi connectivity index (χ2v) is 5.94. The quantitative estimate of drug-likeness (QED) is 0.546. The smallest absolute Gasteiger partial charge is 0.355 e. The van der Waals surface area contributed by atoms with Gasteiger partial charge < -0.3 is 9.47 Å². The van der Waals surface area contributed by atoms with Crippen molar-refractivity contribution in [3.63, 3.8) is 0 Å². The molecule has 0 saturated carbocycles. The average Bonchev–Trinajstić information content (AvgIpc) is 2.96. The average molecular weight is 352 g/mol. The zero-order valence-electron chi connectivity index (χ0n) is 15.1. The van der Waals surface area contributed by atoms with Crippen molar-refractivity contribution < 1.29 is 18.8 Å². The number of nitrogen functional groups attached to an aromatic ring is 1. The van der Waals surface area contributed by atoms with E-state index in [0.717, 1.165) is 17.0 Å². The maximum atomic E-state index is 12.6. The standard InChI is InChI=1S/C20H21N3O3/c1-22-18(15-5-4-6-17(11-15)26-3)12-23(20(22)21)13-19(24)14-7-9-16(25-2)10-8-14/h4-12,21H,13H2,1-3H3/p+1. The maximum Gasteiger partial charge on any atom is 0.355 e. The number of anilines is 1. The lowest BCUT2D eigenvalue weighted by Gasteiger charge is -2.02. The van der Waals surface area contributed by atoms with Gasteiger partial charge >= 0.3 is 5.95 Å². The molecule has 3 aromatic rings. The number of Topliss-reactive ketones (excluding diaryl/α,β-unsaturated/α-hetero) is 1. The van der Waals surface area contributed by atoms with Gasteiger partial charge in [0.2, 0.25) is 0 Å². The van der Waals surface area contributed by atoms with E-state index in [2.05, 4.69) is 0 Å². The van der Waals surface area contributed by atoms with Gasteiger partial charge in [-0.25, -0.2) is 9.13 Å². The first kappa shape index (κ1) is 17.5. The number of ketones is 1. The van der Waals surface area contributed by atoms with E-state index in [1.807, 2.05) is 42.1 Å². The van der Waals surface area contributed by atoms with Crippen LogP contribution in [-0.4, -0.2) is 24.6 Å². The molecule has 0 radical (unpaired) electrons. The van der Waals surface area contributed by atoms with Gasteiger partial charge in [0, 0.05) is 11.1 Å². The number of nitrogens with two attached hydrogens (primary N) is 1. The minimum atomic E-state index is -0.0212. The number of benzene rings is 2. The predicted octanol–water partition coefficient (Wildman–Crippen LogP) is 2.46. The summed E-state index contributed by atoms with van der Waals surface area (Å²) in [4.78, 5) is 12.6. The molecule has 0 aliphatic carbocycles. The first-order valence-electron chi connectivity index (χ1n) is 8.19. The molecule has 0 aliphatic rings. The highest BCUT2D eigenvalue weighted by Crippen LogP contribution is 2.24. The topological polar surface area (TPSA) is 70.4 Å². The summed E-state index contributed by atoms with van der Waals surface area (Å²) in [6, 6.07) is 14.8. The van der Waals surface area contributed by atoms with Crippen molar-refractivity contribution in [1.82, 2.24) is 4.57 Å². The number of hydrogen-bond donors (Lipinski definition) is 1. The van der Waals surface area contributed by atoms with Gasteiger partial charge in [0.25, 0.3) is 0 Å². The zero-order valence-corrected chi connectivity index (χ0v) is 15.1. The van der Waals surface area contributed by atoms with Crippen molar-refractivity contribution in [2.24, 2.45) is 7.05 Å². The fraction of sp³-hybridized carbons (Fsp3) is 0.200. The van der Waals surface area contributed by atoms with Crippen molar-refractivity contribution in [1.29, 1.82) is 0 Å². The van der Waals surface area contributed by atoms with Crippen LogP contribution >= 0.6 is 0 Å². The van der Waals surface area contributed by atoms with Gasteiger partial charge in [-0.05, 0) is 36.4 Å². The number of carbonyl (C=O) groups excluding carboxylic acids is 1. The van der Waals surface area contributed by atoms with Crippen molar-refractivity contribution in [3.05, 3.63) is 60.3 Å². The first-order valence-corrected chi connectivity index (χ1v) is 8.19. The van der Waals surface area contributed by atoms with E-state index in [1.54, 1.807) is 43.1 Å². The van der Waals surface area contributed by atoms with E-state index in [4.69, 9.17) is 15.2 Å². The van der Waals surface area contributed by atoms with Crippen LogP contribution in [0.25, 0.3) is 11.3 Å². The molecule has 0 spiro atoms. The minimum Gasteiger partial charge on any atom is -0.497 e. The summed E-state index contributed by atoms with van der Waals surface area (Å²) in [5.41, 5.74) is 8.69. The Bertz CT molecular complexity index is 930. The lowest BCUT2D eigenvalue weighted by molar-refractivity contribution is -0.667. The number of hydrogen-bond acceptors (Lipinski definition) is 4. The maximum absolute atomic E-state index is 12.6. The van der Waals surface area contributed by atoms with Crippen LogP contribution in [-0.2, 0) is 13.6 Å². The molecule has 2 aromatic carbocycles. The molecule has 0 atom stereocenters. The molecular formula is C20H22N3O3+. The zero-order chi connectivity index (χ0) is 18.7. The molecule has 6 heteroatoms. The van der Waals surface area contributed by atoms with Gasteiger partial charge in [-0.1, -0.05) is 12.1 Å². The van der Waals surface area contributed by atoms with Crippen LogP contribution in [0.4, 0.5) is 5.95 Å². The van der Waals surface area contributed by atoms with E-state index in [0.29, 0.717) is 17.3 Å². The normalized spacial score (nSPS) is 10.6. The molecule has 134 valence electrons. The largest absolute Gasteiger partial charge is 0.497 e. The van der Waals surface area contributed by atoms with Gasteiger partial charge in [0.1, 0.15) is 29.9 Å².